The summed E-state index contributed by atoms with van der Waals surface area (Å²) >= 11 is 0. The van der Waals surface area contributed by atoms with Gasteiger partial charge in [0.15, 0.2) is 5.84 Å². The average molecular weight is 393 g/mol. The molecule has 2 aromatic carbocycles. The van der Waals surface area contributed by atoms with Gasteiger partial charge in [0, 0.05) is 30.7 Å². The normalized spacial score (nSPS) is 14.1. The number of ether oxygens (including phenoxy) is 1. The minimum atomic E-state index is -3.69. The van der Waals surface area contributed by atoms with Crippen LogP contribution in [0.25, 0.3) is 0 Å². The summed E-state index contributed by atoms with van der Waals surface area (Å²) in [6, 6.07) is 16.6. The molecule has 4 rings (SSSR count). The van der Waals surface area contributed by atoms with Crippen LogP contribution in [0.4, 0.5) is 5.69 Å². The molecule has 0 atom stereocenters. The molecule has 0 saturated heterocycles. The van der Waals surface area contributed by atoms with Crippen LogP contribution in [0.2, 0.25) is 0 Å². The second-order valence-corrected chi connectivity index (χ2v) is 7.64. The molecule has 0 fully saturated rings. The molecule has 8 heteroatoms. The highest BCUT2D eigenvalue weighted by Crippen LogP contribution is 2.29. The SMILES string of the molecule is CN(C1=NS(=O)(=O)c2ccccc21)c1ccc(OC(=O)c2ccncc2)cc1. The quantitative estimate of drug-likeness (QED) is 0.502. The molecule has 0 saturated carbocycles. The number of sulfonamides is 1. The fraction of sp³-hybridized carbons (Fsp3) is 0.0500. The second kappa shape index (κ2) is 6.90. The third-order valence-corrected chi connectivity index (χ3v) is 5.61. The van der Waals surface area contributed by atoms with Crippen LogP contribution >= 0.6 is 0 Å². The molecule has 2 heterocycles. The first-order valence-corrected chi connectivity index (χ1v) is 9.80. The number of benzene rings is 2. The van der Waals surface area contributed by atoms with Crippen LogP contribution in [-0.2, 0) is 10.0 Å². The first-order chi connectivity index (χ1) is 13.5. The molecule has 7 nitrogen and oxygen atoms in total. The van der Waals surface area contributed by atoms with E-state index < -0.39 is 16.0 Å². The number of nitrogens with zero attached hydrogens (tertiary/aromatic N) is 3. The van der Waals surface area contributed by atoms with Crippen molar-refractivity contribution in [3.63, 3.8) is 0 Å². The Morgan fingerprint density at radius 1 is 0.964 bits per heavy atom. The lowest BCUT2D eigenvalue weighted by atomic mass is 10.2. The van der Waals surface area contributed by atoms with Crippen LogP contribution < -0.4 is 9.64 Å². The van der Waals surface area contributed by atoms with Gasteiger partial charge in [0.2, 0.25) is 0 Å². The predicted molar refractivity (Wildman–Crippen MR) is 104 cm³/mol. The number of aromatic nitrogens is 1. The van der Waals surface area contributed by atoms with E-state index in [4.69, 9.17) is 4.74 Å². The van der Waals surface area contributed by atoms with Crippen LogP contribution in [0, 0.1) is 0 Å². The van der Waals surface area contributed by atoms with E-state index in [1.807, 2.05) is 0 Å². The number of carbonyl (C=O) groups excluding carboxylic acids is 1. The van der Waals surface area contributed by atoms with E-state index in [-0.39, 0.29) is 4.90 Å². The molecule has 28 heavy (non-hydrogen) atoms. The van der Waals surface area contributed by atoms with Crippen molar-refractivity contribution >= 4 is 27.5 Å². The van der Waals surface area contributed by atoms with E-state index in [9.17, 15) is 13.2 Å². The van der Waals surface area contributed by atoms with Crippen LogP contribution in [0.1, 0.15) is 15.9 Å². The third kappa shape index (κ3) is 3.25. The zero-order chi connectivity index (χ0) is 19.7. The monoisotopic (exact) mass is 393 g/mol. The van der Waals surface area contributed by atoms with E-state index in [1.54, 1.807) is 66.5 Å². The number of carbonyl (C=O) groups is 1. The summed E-state index contributed by atoms with van der Waals surface area (Å²) in [7, 11) is -1.96. The molecular weight excluding hydrogens is 378 g/mol. The van der Waals surface area contributed by atoms with E-state index in [0.29, 0.717) is 28.4 Å². The minimum Gasteiger partial charge on any atom is -0.423 e. The van der Waals surface area contributed by atoms with Gasteiger partial charge in [-0.3, -0.25) is 4.98 Å². The molecule has 1 aromatic heterocycles. The second-order valence-electron chi connectivity index (χ2n) is 6.06. The van der Waals surface area contributed by atoms with Gasteiger partial charge in [-0.15, -0.1) is 4.40 Å². The lowest BCUT2D eigenvalue weighted by Gasteiger charge is -2.19. The number of amidine groups is 1. The fourth-order valence-corrected chi connectivity index (χ4v) is 4.08. The summed E-state index contributed by atoms with van der Waals surface area (Å²) in [5.41, 5.74) is 1.66. The van der Waals surface area contributed by atoms with Crippen molar-refractivity contribution < 1.29 is 17.9 Å². The standard InChI is InChI=1S/C20H15N3O4S/c1-23(19-17-4-2-3-5-18(17)28(25,26)22-19)15-6-8-16(9-7-15)27-20(24)14-10-12-21-13-11-14/h2-13H,1H3. The molecule has 0 radical (unpaired) electrons. The van der Waals surface area contributed by atoms with Crippen molar-refractivity contribution in [2.45, 2.75) is 4.90 Å². The lowest BCUT2D eigenvalue weighted by molar-refractivity contribution is 0.0734. The molecule has 0 unspecified atom stereocenters. The van der Waals surface area contributed by atoms with Crippen LogP contribution in [-0.4, -0.2) is 32.3 Å². The van der Waals surface area contributed by atoms with Gasteiger partial charge in [0.1, 0.15) is 10.6 Å². The van der Waals surface area contributed by atoms with Gasteiger partial charge >= 0.3 is 5.97 Å². The molecule has 0 bridgehead atoms. The Morgan fingerprint density at radius 2 is 1.64 bits per heavy atom. The molecule has 0 N–H and O–H groups in total. The Kier molecular flexibility index (Phi) is 4.40. The first kappa shape index (κ1) is 17.9. The zero-order valence-corrected chi connectivity index (χ0v) is 15.6. The van der Waals surface area contributed by atoms with E-state index in [2.05, 4.69) is 9.38 Å². The molecule has 0 aliphatic carbocycles. The Bertz CT molecular complexity index is 1170. The summed E-state index contributed by atoms with van der Waals surface area (Å²) in [5, 5.41) is 0. The third-order valence-electron chi connectivity index (χ3n) is 4.28. The first-order valence-electron chi connectivity index (χ1n) is 8.36. The van der Waals surface area contributed by atoms with Crippen molar-refractivity contribution in [3.8, 4) is 5.75 Å². The highest BCUT2D eigenvalue weighted by Gasteiger charge is 2.30. The van der Waals surface area contributed by atoms with Gasteiger partial charge < -0.3 is 9.64 Å². The van der Waals surface area contributed by atoms with E-state index in [0.717, 1.165) is 0 Å². The van der Waals surface area contributed by atoms with Gasteiger partial charge in [-0.2, -0.15) is 8.42 Å². The largest absolute Gasteiger partial charge is 0.423 e. The molecule has 0 amide bonds. The van der Waals surface area contributed by atoms with Crippen LogP contribution in [0.15, 0.2) is 82.4 Å². The van der Waals surface area contributed by atoms with Crippen molar-refractivity contribution in [1.82, 2.24) is 4.98 Å². The van der Waals surface area contributed by atoms with Crippen molar-refractivity contribution in [3.05, 3.63) is 84.2 Å². The number of pyridine rings is 1. The highest BCUT2D eigenvalue weighted by molar-refractivity contribution is 7.90. The number of rotatable bonds is 3. The topological polar surface area (TPSA) is 88.9 Å². The van der Waals surface area contributed by atoms with Crippen molar-refractivity contribution in [1.29, 1.82) is 0 Å². The Labute approximate surface area is 162 Å². The summed E-state index contributed by atoms with van der Waals surface area (Å²) in [6.45, 7) is 0. The van der Waals surface area contributed by atoms with Crippen LogP contribution in [0.3, 0.4) is 0 Å². The average Bonchev–Trinajstić information content (AvgIpc) is 3.00. The fourth-order valence-electron chi connectivity index (χ4n) is 2.84. The van der Waals surface area contributed by atoms with Gasteiger partial charge in [-0.25, -0.2) is 4.79 Å². The maximum Gasteiger partial charge on any atom is 0.343 e. The lowest BCUT2D eigenvalue weighted by Crippen LogP contribution is -2.25. The zero-order valence-electron chi connectivity index (χ0n) is 14.8. The minimum absolute atomic E-state index is 0.194. The van der Waals surface area contributed by atoms with Crippen molar-refractivity contribution in [2.24, 2.45) is 4.40 Å². The van der Waals surface area contributed by atoms with Gasteiger partial charge in [-0.1, -0.05) is 12.1 Å². The van der Waals surface area contributed by atoms with E-state index in [1.165, 1.54) is 18.5 Å². The van der Waals surface area contributed by atoms with Crippen LogP contribution in [0.5, 0.6) is 5.75 Å². The molecule has 0 spiro atoms. The molecule has 1 aliphatic rings. The maximum atomic E-state index is 12.2. The Hall–Kier alpha value is -3.52. The predicted octanol–water partition coefficient (Wildman–Crippen LogP) is 2.89. The van der Waals surface area contributed by atoms with E-state index >= 15 is 0 Å². The van der Waals surface area contributed by atoms with Gasteiger partial charge in [0.05, 0.1) is 5.56 Å². The number of anilines is 1. The maximum absolute atomic E-state index is 12.2. The molecular formula is C20H15N3O4S. The number of esters is 1. The molecule has 140 valence electrons. The van der Waals surface area contributed by atoms with Gasteiger partial charge in [-0.05, 0) is 48.5 Å². The summed E-state index contributed by atoms with van der Waals surface area (Å²) in [5.74, 6) is 0.237. The number of fused-ring (bicyclic) bond motifs is 1. The number of hydrogen-bond donors (Lipinski definition) is 0. The Balaban J connectivity index is 1.56. The highest BCUT2D eigenvalue weighted by atomic mass is 32.2. The van der Waals surface area contributed by atoms with Gasteiger partial charge in [0.25, 0.3) is 10.0 Å². The van der Waals surface area contributed by atoms with Crippen molar-refractivity contribution in [2.75, 3.05) is 11.9 Å². The smallest absolute Gasteiger partial charge is 0.343 e. The summed E-state index contributed by atoms with van der Waals surface area (Å²) in [6.07, 6.45) is 3.03. The number of hydrogen-bond acceptors (Lipinski definition) is 6. The summed E-state index contributed by atoms with van der Waals surface area (Å²) in [4.78, 5) is 17.8. The molecule has 3 aromatic rings. The summed E-state index contributed by atoms with van der Waals surface area (Å²) < 4.78 is 33.7. The Morgan fingerprint density at radius 3 is 2.36 bits per heavy atom. The molecule has 1 aliphatic heterocycles.